The number of nitrogens with zero attached hydrogens (tertiary/aromatic N) is 1. The van der Waals surface area contributed by atoms with Gasteiger partial charge in [0.1, 0.15) is 0 Å². The van der Waals surface area contributed by atoms with Crippen LogP contribution in [0, 0.1) is 5.92 Å². The maximum absolute atomic E-state index is 11.5. The van der Waals surface area contributed by atoms with Crippen molar-refractivity contribution in [3.8, 4) is 0 Å². The third-order valence-electron chi connectivity index (χ3n) is 3.87. The number of ether oxygens (including phenoxy) is 1. The highest BCUT2D eigenvalue weighted by Gasteiger charge is 2.35. The minimum Gasteiger partial charge on any atom is -1.00 e. The smallest absolute Gasteiger partial charge is 0.312 e. The lowest BCUT2D eigenvalue weighted by molar-refractivity contribution is -0.935. The van der Waals surface area contributed by atoms with Gasteiger partial charge in [0, 0.05) is 12.8 Å². The lowest BCUT2D eigenvalue weighted by atomic mass is 10.1. The summed E-state index contributed by atoms with van der Waals surface area (Å²) >= 11 is 0. The lowest BCUT2D eigenvalue weighted by Gasteiger charge is -2.33. The highest BCUT2D eigenvalue weighted by Crippen LogP contribution is 2.24. The van der Waals surface area contributed by atoms with Gasteiger partial charge in [-0.1, -0.05) is 13.8 Å². The molecule has 3 unspecified atom stereocenters. The van der Waals surface area contributed by atoms with Crippen LogP contribution in [0.4, 0.5) is 0 Å². The molecule has 1 aliphatic heterocycles. The largest absolute Gasteiger partial charge is 1.00 e. The highest BCUT2D eigenvalue weighted by atomic mass is 35.5. The fourth-order valence-corrected chi connectivity index (χ4v) is 1.99. The Labute approximate surface area is 105 Å². The van der Waals surface area contributed by atoms with Crippen molar-refractivity contribution in [3.05, 3.63) is 0 Å². The van der Waals surface area contributed by atoms with E-state index in [1.807, 2.05) is 13.8 Å². The molecular weight excluding hydrogens is 226 g/mol. The molecule has 1 heterocycles. The minimum absolute atomic E-state index is 0. The van der Waals surface area contributed by atoms with E-state index in [2.05, 4.69) is 14.0 Å². The summed E-state index contributed by atoms with van der Waals surface area (Å²) < 4.78 is 6.28. The van der Waals surface area contributed by atoms with Gasteiger partial charge in [-0.2, -0.15) is 0 Å². The second-order valence-corrected chi connectivity index (χ2v) is 5.10. The Hall–Kier alpha value is -0.280. The molecule has 16 heavy (non-hydrogen) atoms. The van der Waals surface area contributed by atoms with E-state index in [4.69, 9.17) is 4.74 Å². The fraction of sp³-hybridized carbons (Fsp3) is 0.917. The van der Waals surface area contributed by atoms with Gasteiger partial charge in [0.15, 0.2) is 0 Å². The molecule has 1 aliphatic rings. The summed E-state index contributed by atoms with van der Waals surface area (Å²) in [5.41, 5.74) is 0. The average Bonchev–Trinajstić information content (AvgIpc) is 2.55. The molecule has 1 saturated heterocycles. The molecule has 0 radical (unpaired) electrons. The van der Waals surface area contributed by atoms with Crippen molar-refractivity contribution >= 4 is 5.97 Å². The predicted molar refractivity (Wildman–Crippen MR) is 60.2 cm³/mol. The first-order valence-electron chi connectivity index (χ1n) is 6.00. The van der Waals surface area contributed by atoms with Crippen LogP contribution in [0.15, 0.2) is 0 Å². The molecule has 1 fully saturated rings. The van der Waals surface area contributed by atoms with Crippen LogP contribution in [-0.2, 0) is 9.53 Å². The van der Waals surface area contributed by atoms with E-state index < -0.39 is 0 Å². The van der Waals surface area contributed by atoms with Crippen molar-refractivity contribution < 1.29 is 26.4 Å². The van der Waals surface area contributed by atoms with Gasteiger partial charge in [-0.15, -0.1) is 0 Å². The first-order valence-corrected chi connectivity index (χ1v) is 6.00. The van der Waals surface area contributed by atoms with E-state index in [-0.39, 0.29) is 24.3 Å². The van der Waals surface area contributed by atoms with Gasteiger partial charge in [0.25, 0.3) is 0 Å². The molecule has 0 spiro atoms. The fourth-order valence-electron chi connectivity index (χ4n) is 1.99. The van der Waals surface area contributed by atoms with Crippen molar-refractivity contribution in [1.29, 1.82) is 0 Å². The molecule has 0 aromatic rings. The SMILES string of the molecule is CCC(C)C(=O)OC[N+]1(C)CCCC1C.[Cl-]. The molecule has 0 bridgehead atoms. The van der Waals surface area contributed by atoms with E-state index in [0.29, 0.717) is 12.8 Å². The molecule has 4 heteroatoms. The maximum Gasteiger partial charge on any atom is 0.312 e. The molecule has 0 N–H and O–H groups in total. The third kappa shape index (κ3) is 3.63. The van der Waals surface area contributed by atoms with Gasteiger partial charge in [-0.05, 0) is 13.3 Å². The first-order chi connectivity index (χ1) is 6.99. The quantitative estimate of drug-likeness (QED) is 0.480. The third-order valence-corrected chi connectivity index (χ3v) is 3.87. The highest BCUT2D eigenvalue weighted by molar-refractivity contribution is 5.71. The minimum atomic E-state index is -0.0454. The van der Waals surface area contributed by atoms with Gasteiger partial charge in [0.2, 0.25) is 6.73 Å². The molecule has 1 rings (SSSR count). The van der Waals surface area contributed by atoms with Crippen LogP contribution in [0.25, 0.3) is 0 Å². The van der Waals surface area contributed by atoms with E-state index in [1.165, 1.54) is 12.8 Å². The Kier molecular flexibility index (Phi) is 6.34. The Balaban J connectivity index is 0.00000225. The molecule has 0 aromatic heterocycles. The van der Waals surface area contributed by atoms with Crippen LogP contribution in [0.5, 0.6) is 0 Å². The van der Waals surface area contributed by atoms with Crippen LogP contribution in [0.1, 0.15) is 40.0 Å². The summed E-state index contributed by atoms with van der Waals surface area (Å²) in [7, 11) is 2.18. The summed E-state index contributed by atoms with van der Waals surface area (Å²) in [6, 6.07) is 0.620. The normalized spacial score (nSPS) is 30.6. The number of carbonyl (C=O) groups is 1. The number of rotatable bonds is 4. The van der Waals surface area contributed by atoms with E-state index in [1.54, 1.807) is 0 Å². The number of hydrogen-bond donors (Lipinski definition) is 0. The number of likely N-dealkylation sites (tertiary alicyclic amines) is 1. The zero-order valence-corrected chi connectivity index (χ0v) is 11.6. The summed E-state index contributed by atoms with van der Waals surface area (Å²) in [6.45, 7) is 7.86. The van der Waals surface area contributed by atoms with Gasteiger partial charge in [-0.25, -0.2) is 0 Å². The summed E-state index contributed by atoms with van der Waals surface area (Å²) in [4.78, 5) is 11.5. The molecule has 0 amide bonds. The topological polar surface area (TPSA) is 26.3 Å². The van der Waals surface area contributed by atoms with Crippen LogP contribution in [0.3, 0.4) is 0 Å². The maximum atomic E-state index is 11.5. The molecule has 96 valence electrons. The second-order valence-electron chi connectivity index (χ2n) is 5.10. The lowest BCUT2D eigenvalue weighted by Crippen LogP contribution is -3.00. The Morgan fingerprint density at radius 1 is 1.56 bits per heavy atom. The summed E-state index contributed by atoms with van der Waals surface area (Å²) in [6.07, 6.45) is 3.36. The number of hydrogen-bond acceptors (Lipinski definition) is 2. The van der Waals surface area contributed by atoms with Gasteiger partial charge in [0.05, 0.1) is 25.6 Å². The molecule has 0 saturated carbocycles. The van der Waals surface area contributed by atoms with Crippen molar-refractivity contribution in [2.45, 2.75) is 46.1 Å². The Bertz CT molecular complexity index is 235. The van der Waals surface area contributed by atoms with E-state index >= 15 is 0 Å². The number of quaternary nitrogens is 1. The zero-order valence-electron chi connectivity index (χ0n) is 10.8. The van der Waals surface area contributed by atoms with E-state index in [0.717, 1.165) is 17.4 Å². The van der Waals surface area contributed by atoms with Gasteiger partial charge in [-0.3, -0.25) is 9.28 Å². The van der Waals surface area contributed by atoms with Gasteiger partial charge < -0.3 is 17.1 Å². The first kappa shape index (κ1) is 15.7. The van der Waals surface area contributed by atoms with Crippen molar-refractivity contribution in [2.24, 2.45) is 5.92 Å². The predicted octanol–water partition coefficient (Wildman–Crippen LogP) is -0.834. The molecule has 0 aliphatic carbocycles. The Morgan fingerprint density at radius 2 is 2.19 bits per heavy atom. The molecule has 3 atom stereocenters. The van der Waals surface area contributed by atoms with Crippen molar-refractivity contribution in [1.82, 2.24) is 0 Å². The summed E-state index contributed by atoms with van der Waals surface area (Å²) in [5.74, 6) is -0.00883. The van der Waals surface area contributed by atoms with Crippen molar-refractivity contribution in [3.63, 3.8) is 0 Å². The Morgan fingerprint density at radius 3 is 2.62 bits per heavy atom. The second kappa shape index (κ2) is 6.45. The molecule has 3 nitrogen and oxygen atoms in total. The zero-order chi connectivity index (χ0) is 11.5. The van der Waals surface area contributed by atoms with Crippen LogP contribution >= 0.6 is 0 Å². The molecule has 0 aromatic carbocycles. The summed E-state index contributed by atoms with van der Waals surface area (Å²) in [5, 5.41) is 0. The number of esters is 1. The van der Waals surface area contributed by atoms with Gasteiger partial charge >= 0.3 is 5.97 Å². The van der Waals surface area contributed by atoms with Crippen LogP contribution in [-0.4, -0.2) is 36.8 Å². The van der Waals surface area contributed by atoms with Crippen LogP contribution in [0.2, 0.25) is 0 Å². The average molecular weight is 250 g/mol. The number of halogens is 1. The van der Waals surface area contributed by atoms with E-state index in [9.17, 15) is 4.79 Å². The molecular formula is C12H24ClNO2. The van der Waals surface area contributed by atoms with Crippen LogP contribution < -0.4 is 12.4 Å². The standard InChI is InChI=1S/C12H24NO2.ClH/c1-5-10(2)12(14)15-9-13(4)8-6-7-11(13)3;/h10-11H,5-9H2,1-4H3;1H/q+1;/p-1. The monoisotopic (exact) mass is 249 g/mol. The van der Waals surface area contributed by atoms with Crippen molar-refractivity contribution in [2.75, 3.05) is 20.3 Å². The number of carbonyl (C=O) groups excluding carboxylic acids is 1.